The largest absolute Gasteiger partial charge is 0.506 e. The average Bonchev–Trinajstić information content (AvgIpc) is 2.86. The van der Waals surface area contributed by atoms with Crippen molar-refractivity contribution >= 4 is 41.1 Å². The van der Waals surface area contributed by atoms with E-state index in [0.29, 0.717) is 5.56 Å². The van der Waals surface area contributed by atoms with Crippen LogP contribution in [0.3, 0.4) is 0 Å². The molecule has 106 valence electrons. The Morgan fingerprint density at radius 2 is 2.25 bits per heavy atom. The number of carbonyl (C=O) groups excluding carboxylic acids is 1. The highest BCUT2D eigenvalue weighted by molar-refractivity contribution is 7.99. The Balaban J connectivity index is 2.01. The van der Waals surface area contributed by atoms with E-state index in [2.05, 4.69) is 4.72 Å². The number of phenolic OH excluding ortho intramolecular Hbond substituents is 1. The molecule has 1 aromatic rings. The molecule has 0 unspecified atom stereocenters. The lowest BCUT2D eigenvalue weighted by Gasteiger charge is -2.20. The van der Waals surface area contributed by atoms with Gasteiger partial charge in [0.2, 0.25) is 0 Å². The third-order valence-electron chi connectivity index (χ3n) is 3.21. The first-order valence-electron chi connectivity index (χ1n) is 6.19. The molecular weight excluding hydrogens is 299 g/mol. The number of hydrogen-bond acceptors (Lipinski definition) is 5. The van der Waals surface area contributed by atoms with Crippen LogP contribution in [0.15, 0.2) is 18.2 Å². The molecule has 1 amide bonds. The van der Waals surface area contributed by atoms with Gasteiger partial charge in [0.1, 0.15) is 18.0 Å². The van der Waals surface area contributed by atoms with Crippen LogP contribution in [0.4, 0.5) is 10.1 Å². The number of anilines is 1. The number of benzene rings is 1. The number of phenols is 1. The molecule has 0 radical (unpaired) electrons. The summed E-state index contributed by atoms with van der Waals surface area (Å²) in [6.07, 6.45) is 2.84. The molecule has 1 aromatic carbocycles. The Labute approximate surface area is 124 Å². The van der Waals surface area contributed by atoms with Gasteiger partial charge in [0, 0.05) is 11.3 Å². The van der Waals surface area contributed by atoms with Crippen LogP contribution in [0.25, 0.3) is 5.57 Å². The van der Waals surface area contributed by atoms with Crippen LogP contribution < -0.4 is 9.03 Å². The van der Waals surface area contributed by atoms with Gasteiger partial charge >= 0.3 is 0 Å². The summed E-state index contributed by atoms with van der Waals surface area (Å²) in [5.41, 5.74) is 1.55. The van der Waals surface area contributed by atoms with E-state index in [1.807, 2.05) is 17.8 Å². The van der Waals surface area contributed by atoms with Crippen LogP contribution in [0.5, 0.6) is 5.75 Å². The van der Waals surface area contributed by atoms with Gasteiger partial charge in [0.25, 0.3) is 5.91 Å². The molecule has 1 fully saturated rings. The highest BCUT2D eigenvalue weighted by Crippen LogP contribution is 2.40. The summed E-state index contributed by atoms with van der Waals surface area (Å²) in [5, 5.41) is 9.90. The van der Waals surface area contributed by atoms with Gasteiger partial charge in [-0.3, -0.25) is 13.8 Å². The summed E-state index contributed by atoms with van der Waals surface area (Å²) >= 11 is 2.81. The number of allylic oxidation sites excluding steroid dienone is 1. The Bertz CT molecular complexity index is 592. The van der Waals surface area contributed by atoms with Crippen molar-refractivity contribution in [3.05, 3.63) is 29.6 Å². The zero-order valence-corrected chi connectivity index (χ0v) is 12.2. The fourth-order valence-electron chi connectivity index (χ4n) is 2.24. The minimum absolute atomic E-state index is 0.0352. The van der Waals surface area contributed by atoms with E-state index in [1.54, 1.807) is 6.07 Å². The maximum Gasteiger partial charge on any atom is 0.251 e. The summed E-state index contributed by atoms with van der Waals surface area (Å²) < 4.78 is 18.7. The maximum atomic E-state index is 14.7. The molecule has 2 N–H and O–H groups in total. The summed E-state index contributed by atoms with van der Waals surface area (Å²) in [7, 11) is 0. The van der Waals surface area contributed by atoms with Crippen molar-refractivity contribution in [2.45, 2.75) is 6.42 Å². The molecule has 2 heterocycles. The fraction of sp³-hybridized carbons (Fsp3) is 0.308. The topological polar surface area (TPSA) is 52.6 Å². The van der Waals surface area contributed by atoms with E-state index in [-0.39, 0.29) is 23.9 Å². The van der Waals surface area contributed by atoms with Crippen LogP contribution in [-0.4, -0.2) is 29.1 Å². The number of rotatable bonds is 2. The minimum atomic E-state index is -0.466. The van der Waals surface area contributed by atoms with Gasteiger partial charge in [-0.05, 0) is 29.9 Å². The molecule has 2 aliphatic rings. The molecule has 0 bridgehead atoms. The van der Waals surface area contributed by atoms with Crippen LogP contribution in [0.2, 0.25) is 0 Å². The first kappa shape index (κ1) is 13.6. The summed E-state index contributed by atoms with van der Waals surface area (Å²) in [4.78, 5) is 11.2. The van der Waals surface area contributed by atoms with Gasteiger partial charge in [-0.25, -0.2) is 4.39 Å². The van der Waals surface area contributed by atoms with Crippen molar-refractivity contribution in [3.8, 4) is 5.75 Å². The van der Waals surface area contributed by atoms with Crippen LogP contribution in [0, 0.1) is 5.82 Å². The molecule has 7 heteroatoms. The Kier molecular flexibility index (Phi) is 3.80. The third-order valence-corrected chi connectivity index (χ3v) is 4.96. The number of amides is 1. The number of halogens is 1. The van der Waals surface area contributed by atoms with E-state index < -0.39 is 5.82 Å². The maximum absolute atomic E-state index is 14.7. The SMILES string of the molecule is O=C1CN(c2c(O)ccc(C3=CCSCC3)c2F)SN1. The van der Waals surface area contributed by atoms with Gasteiger partial charge in [-0.2, -0.15) is 11.8 Å². The summed E-state index contributed by atoms with van der Waals surface area (Å²) in [5.74, 6) is 1.03. The first-order valence-corrected chi connectivity index (χ1v) is 8.11. The van der Waals surface area contributed by atoms with Crippen molar-refractivity contribution in [1.82, 2.24) is 4.72 Å². The van der Waals surface area contributed by atoms with Gasteiger partial charge in [-0.15, -0.1) is 0 Å². The minimum Gasteiger partial charge on any atom is -0.506 e. The Morgan fingerprint density at radius 1 is 1.40 bits per heavy atom. The second-order valence-corrected chi connectivity index (χ2v) is 6.48. The van der Waals surface area contributed by atoms with E-state index in [1.165, 1.54) is 10.4 Å². The lowest BCUT2D eigenvalue weighted by molar-refractivity contribution is -0.117. The quantitative estimate of drug-likeness (QED) is 0.822. The van der Waals surface area contributed by atoms with Crippen molar-refractivity contribution in [2.75, 3.05) is 22.4 Å². The molecule has 20 heavy (non-hydrogen) atoms. The zero-order valence-electron chi connectivity index (χ0n) is 10.6. The predicted octanol–water partition coefficient (Wildman–Crippen LogP) is 2.55. The lowest BCUT2D eigenvalue weighted by atomic mass is 10.0. The zero-order chi connectivity index (χ0) is 14.1. The number of nitrogens with zero attached hydrogens (tertiary/aromatic N) is 1. The molecule has 0 saturated carbocycles. The third kappa shape index (κ3) is 2.47. The van der Waals surface area contributed by atoms with E-state index in [9.17, 15) is 14.3 Å². The predicted molar refractivity (Wildman–Crippen MR) is 81.1 cm³/mol. The van der Waals surface area contributed by atoms with Crippen LogP contribution in [-0.2, 0) is 4.79 Å². The van der Waals surface area contributed by atoms with Gasteiger partial charge in [0.05, 0.1) is 12.1 Å². The number of nitrogens with one attached hydrogen (secondary N) is 1. The molecular formula is C13H13FN2O2S2. The fourth-order valence-corrected chi connectivity index (χ4v) is 3.81. The highest BCUT2D eigenvalue weighted by atomic mass is 32.2. The van der Waals surface area contributed by atoms with Crippen molar-refractivity contribution in [2.24, 2.45) is 0 Å². The normalized spacial score (nSPS) is 18.9. The molecule has 0 spiro atoms. The molecule has 4 nitrogen and oxygen atoms in total. The second-order valence-electron chi connectivity index (χ2n) is 4.50. The van der Waals surface area contributed by atoms with Crippen LogP contribution >= 0.6 is 23.9 Å². The molecule has 0 aliphatic carbocycles. The molecule has 2 aliphatic heterocycles. The smallest absolute Gasteiger partial charge is 0.251 e. The standard InChI is InChI=1S/C13H13FN2O2S2/c14-12-9(8-3-5-19-6-4-8)1-2-10(17)13(12)16-7-11(18)15-20-16/h1-3,17H,4-7H2,(H,15,18). The van der Waals surface area contributed by atoms with Gasteiger partial charge < -0.3 is 5.11 Å². The Hall–Kier alpha value is -1.34. The van der Waals surface area contributed by atoms with Crippen LogP contribution in [0.1, 0.15) is 12.0 Å². The van der Waals surface area contributed by atoms with Crippen molar-refractivity contribution < 1.29 is 14.3 Å². The summed E-state index contributed by atoms with van der Waals surface area (Å²) in [6.45, 7) is 0.0352. The van der Waals surface area contributed by atoms with E-state index >= 15 is 0 Å². The van der Waals surface area contributed by atoms with Gasteiger partial charge in [-0.1, -0.05) is 6.08 Å². The monoisotopic (exact) mass is 312 g/mol. The average molecular weight is 312 g/mol. The number of carbonyl (C=O) groups is 1. The van der Waals surface area contributed by atoms with Gasteiger partial charge in [0.15, 0.2) is 5.82 Å². The number of aromatic hydroxyl groups is 1. The number of thioether (sulfide) groups is 1. The first-order chi connectivity index (χ1) is 9.66. The van der Waals surface area contributed by atoms with Crippen molar-refractivity contribution in [1.29, 1.82) is 0 Å². The Morgan fingerprint density at radius 3 is 2.90 bits per heavy atom. The second kappa shape index (κ2) is 5.57. The lowest BCUT2D eigenvalue weighted by Crippen LogP contribution is -2.17. The van der Waals surface area contributed by atoms with E-state index in [4.69, 9.17) is 0 Å². The highest BCUT2D eigenvalue weighted by Gasteiger charge is 2.28. The van der Waals surface area contributed by atoms with E-state index in [0.717, 1.165) is 35.6 Å². The molecule has 0 atom stereocenters. The molecule has 0 aromatic heterocycles. The summed E-state index contributed by atoms with van der Waals surface area (Å²) in [6, 6.07) is 3.09. The molecule has 1 saturated heterocycles. The molecule has 3 rings (SSSR count). The van der Waals surface area contributed by atoms with Crippen molar-refractivity contribution in [3.63, 3.8) is 0 Å². The number of hydrogen-bond donors (Lipinski definition) is 2.